The van der Waals surface area contributed by atoms with Gasteiger partial charge in [0.15, 0.2) is 0 Å². The van der Waals surface area contributed by atoms with Gasteiger partial charge in [-0.3, -0.25) is 0 Å². The van der Waals surface area contributed by atoms with Crippen LogP contribution in [-0.4, -0.2) is 38.1 Å². The molecule has 0 bridgehead atoms. The summed E-state index contributed by atoms with van der Waals surface area (Å²) in [5, 5.41) is 0.690. The van der Waals surface area contributed by atoms with Gasteiger partial charge in [-0.1, -0.05) is 6.84 Å². The maximum atomic E-state index is 12.6. The molecule has 1 aromatic rings. The molecule has 0 radical (unpaired) electrons. The highest BCUT2D eigenvalue weighted by Crippen LogP contribution is 2.50. The Hall–Kier alpha value is -0.320. The maximum absolute atomic E-state index is 12.6. The third kappa shape index (κ3) is 2.92. The molecule has 0 aromatic heterocycles. The molecule has 2 rings (SSSR count). The molecule has 0 spiro atoms. The Morgan fingerprint density at radius 3 is 2.41 bits per heavy atom. The van der Waals surface area contributed by atoms with Crippen LogP contribution in [0.3, 0.4) is 0 Å². The van der Waals surface area contributed by atoms with E-state index in [1.165, 1.54) is 0 Å². The van der Waals surface area contributed by atoms with E-state index in [1.54, 1.807) is 31.4 Å². The molecule has 94 valence electrons. The SMILES string of the molecule is COc1ccc([P+]([O-])([S-])N2CCOCC2)cc1. The summed E-state index contributed by atoms with van der Waals surface area (Å²) in [6.07, 6.45) is 0. The Bertz CT molecular complexity index is 365. The molecule has 1 unspecified atom stereocenters. The normalized spacial score (nSPS) is 20.9. The zero-order valence-electron chi connectivity index (χ0n) is 9.67. The van der Waals surface area contributed by atoms with Gasteiger partial charge >= 0.3 is 0 Å². The Morgan fingerprint density at radius 2 is 1.88 bits per heavy atom. The molecule has 1 aliphatic heterocycles. The first-order valence-corrected chi connectivity index (χ1v) is 8.11. The van der Waals surface area contributed by atoms with Crippen molar-refractivity contribution in [2.24, 2.45) is 0 Å². The van der Waals surface area contributed by atoms with Crippen LogP contribution in [0.2, 0.25) is 0 Å². The fourth-order valence-electron chi connectivity index (χ4n) is 1.75. The number of nitrogens with zero attached hydrogens (tertiary/aromatic N) is 1. The summed E-state index contributed by atoms with van der Waals surface area (Å²) < 4.78 is 12.1. The van der Waals surface area contributed by atoms with E-state index in [1.807, 2.05) is 4.67 Å². The topological polar surface area (TPSA) is 44.8 Å². The van der Waals surface area contributed by atoms with Gasteiger partial charge in [-0.2, -0.15) is 4.67 Å². The van der Waals surface area contributed by atoms with Crippen molar-refractivity contribution >= 4 is 24.4 Å². The minimum absolute atomic E-state index is 0.594. The fraction of sp³-hybridized carbons (Fsp3) is 0.455. The van der Waals surface area contributed by atoms with E-state index >= 15 is 0 Å². The molecule has 17 heavy (non-hydrogen) atoms. The number of hydrogen-bond donors (Lipinski definition) is 0. The number of benzene rings is 1. The van der Waals surface area contributed by atoms with E-state index in [4.69, 9.17) is 21.7 Å². The molecule has 0 N–H and O–H groups in total. The van der Waals surface area contributed by atoms with E-state index in [2.05, 4.69) is 0 Å². The number of methoxy groups -OCH3 is 1. The molecule has 1 heterocycles. The van der Waals surface area contributed by atoms with Crippen LogP contribution in [0.15, 0.2) is 24.3 Å². The van der Waals surface area contributed by atoms with Crippen LogP contribution < -0.4 is 14.9 Å². The third-order valence-corrected chi connectivity index (χ3v) is 6.18. The lowest BCUT2D eigenvalue weighted by atomic mass is 10.3. The monoisotopic (exact) mass is 272 g/mol. The number of hydrogen-bond acceptors (Lipinski definition) is 5. The molecule has 0 amide bonds. The molecule has 1 fully saturated rings. The minimum Gasteiger partial charge on any atom is -0.678 e. The lowest BCUT2D eigenvalue weighted by Gasteiger charge is -2.47. The Morgan fingerprint density at radius 1 is 1.29 bits per heavy atom. The molecule has 1 aliphatic rings. The Balaban J connectivity index is 2.17. The molecule has 0 aliphatic carbocycles. The second-order valence-electron chi connectivity index (χ2n) is 3.78. The van der Waals surface area contributed by atoms with E-state index in [0.717, 1.165) is 5.75 Å². The molecule has 1 aromatic carbocycles. The zero-order chi connectivity index (χ0) is 12.3. The Kier molecular flexibility index (Phi) is 4.28. The van der Waals surface area contributed by atoms with Crippen molar-refractivity contribution < 1.29 is 14.4 Å². The van der Waals surface area contributed by atoms with Gasteiger partial charge in [-0.15, -0.1) is 0 Å². The highest BCUT2D eigenvalue weighted by Gasteiger charge is 2.26. The predicted octanol–water partition coefficient (Wildman–Crippen LogP) is 0.322. The average molecular weight is 272 g/mol. The van der Waals surface area contributed by atoms with Crippen LogP contribution in [0.5, 0.6) is 5.75 Å². The predicted molar refractivity (Wildman–Crippen MR) is 69.3 cm³/mol. The number of ether oxygens (including phenoxy) is 2. The van der Waals surface area contributed by atoms with Gasteiger partial charge in [0.2, 0.25) is 0 Å². The maximum Gasteiger partial charge on any atom is 0.119 e. The van der Waals surface area contributed by atoms with Crippen molar-refractivity contribution in [2.75, 3.05) is 33.4 Å². The molecule has 1 saturated heterocycles. The van der Waals surface area contributed by atoms with Crippen LogP contribution in [0.1, 0.15) is 0 Å². The summed E-state index contributed by atoms with van der Waals surface area (Å²) in [5.74, 6) is 0.741. The van der Waals surface area contributed by atoms with Gasteiger partial charge < -0.3 is 26.6 Å². The largest absolute Gasteiger partial charge is 0.678 e. The van der Waals surface area contributed by atoms with Gasteiger partial charge in [0.25, 0.3) is 0 Å². The van der Waals surface area contributed by atoms with Crippen molar-refractivity contribution in [3.63, 3.8) is 0 Å². The first kappa shape index (κ1) is 13.1. The zero-order valence-corrected chi connectivity index (χ0v) is 11.4. The smallest absolute Gasteiger partial charge is 0.119 e. The average Bonchev–Trinajstić information content (AvgIpc) is 2.40. The van der Waals surface area contributed by atoms with Crippen LogP contribution in [0.25, 0.3) is 0 Å². The third-order valence-electron chi connectivity index (χ3n) is 2.76. The molecule has 4 nitrogen and oxygen atoms in total. The van der Waals surface area contributed by atoms with Crippen molar-refractivity contribution in [1.29, 1.82) is 0 Å². The van der Waals surface area contributed by atoms with Gasteiger partial charge in [-0.05, 0) is 24.3 Å². The lowest BCUT2D eigenvalue weighted by Crippen LogP contribution is -2.43. The van der Waals surface area contributed by atoms with E-state index in [9.17, 15) is 4.89 Å². The van der Waals surface area contributed by atoms with Crippen LogP contribution in [-0.2, 0) is 17.0 Å². The van der Waals surface area contributed by atoms with Crippen LogP contribution in [0, 0.1) is 0 Å². The molecular formula is C11H15NO3PS-. The number of rotatable bonds is 3. The van der Waals surface area contributed by atoms with Gasteiger partial charge in [0.05, 0.1) is 38.7 Å². The standard InChI is InChI=1S/C11H16NO3PS/c1-14-10-2-4-11(5-3-10)16(13,17)12-6-8-15-9-7-12/h2-5H,6-9H2,1H3,(H,13,17)/p-1. The van der Waals surface area contributed by atoms with Crippen molar-refractivity contribution in [2.45, 2.75) is 0 Å². The van der Waals surface area contributed by atoms with Gasteiger partial charge in [0.1, 0.15) is 5.75 Å². The Labute approximate surface area is 107 Å². The number of morpholine rings is 1. The molecule has 0 saturated carbocycles. The summed E-state index contributed by atoms with van der Waals surface area (Å²) in [6.45, 7) is -0.418. The second kappa shape index (κ2) is 5.55. The highest BCUT2D eigenvalue weighted by molar-refractivity contribution is 8.41. The lowest BCUT2D eigenvalue weighted by molar-refractivity contribution is -0.173. The van der Waals surface area contributed by atoms with Crippen LogP contribution in [0.4, 0.5) is 0 Å². The first-order valence-electron chi connectivity index (χ1n) is 5.43. The summed E-state index contributed by atoms with van der Waals surface area (Å²) in [7, 11) is 1.60. The van der Waals surface area contributed by atoms with Crippen LogP contribution >= 0.6 is 6.84 Å². The fourth-order valence-corrected chi connectivity index (χ4v) is 4.15. The van der Waals surface area contributed by atoms with Gasteiger partial charge in [0, 0.05) is 0 Å². The minimum atomic E-state index is -2.87. The van der Waals surface area contributed by atoms with Crippen molar-refractivity contribution in [3.8, 4) is 5.75 Å². The van der Waals surface area contributed by atoms with Crippen molar-refractivity contribution in [3.05, 3.63) is 24.3 Å². The molecule has 1 atom stereocenters. The highest BCUT2D eigenvalue weighted by atomic mass is 32.7. The first-order chi connectivity index (χ1) is 8.14. The summed E-state index contributed by atoms with van der Waals surface area (Å²) in [6, 6.07) is 7.13. The summed E-state index contributed by atoms with van der Waals surface area (Å²) in [5.41, 5.74) is 0. The van der Waals surface area contributed by atoms with E-state index in [-0.39, 0.29) is 0 Å². The summed E-state index contributed by atoms with van der Waals surface area (Å²) in [4.78, 5) is 12.6. The second-order valence-corrected chi connectivity index (χ2v) is 7.39. The molecular weight excluding hydrogens is 257 g/mol. The quantitative estimate of drug-likeness (QED) is 0.586. The van der Waals surface area contributed by atoms with Crippen molar-refractivity contribution in [1.82, 2.24) is 4.67 Å². The molecule has 6 heteroatoms. The summed E-state index contributed by atoms with van der Waals surface area (Å²) >= 11 is 5.29. The van der Waals surface area contributed by atoms with E-state index < -0.39 is 6.84 Å². The van der Waals surface area contributed by atoms with E-state index in [0.29, 0.717) is 31.6 Å². The van der Waals surface area contributed by atoms with Gasteiger partial charge in [-0.25, -0.2) is 0 Å².